The molecule has 0 saturated heterocycles. The van der Waals surface area contributed by atoms with E-state index < -0.39 is 0 Å². The Balaban J connectivity index is 2.29. The fourth-order valence-electron chi connectivity index (χ4n) is 2.08. The van der Waals surface area contributed by atoms with Crippen molar-refractivity contribution < 1.29 is 5.11 Å². The molecule has 2 heterocycles. The van der Waals surface area contributed by atoms with Crippen LogP contribution in [0, 0.1) is 0 Å². The molecule has 3 aromatic rings. The summed E-state index contributed by atoms with van der Waals surface area (Å²) in [6, 6.07) is 12.1. The van der Waals surface area contributed by atoms with Crippen molar-refractivity contribution in [3.63, 3.8) is 0 Å². The highest BCUT2D eigenvalue weighted by Gasteiger charge is 2.08. The van der Waals surface area contributed by atoms with Crippen LogP contribution < -0.4 is 0 Å². The van der Waals surface area contributed by atoms with Gasteiger partial charge in [-0.1, -0.05) is 30.3 Å². The lowest BCUT2D eigenvalue weighted by Crippen LogP contribution is -1.92. The van der Waals surface area contributed by atoms with Crippen LogP contribution in [0.25, 0.3) is 22.0 Å². The van der Waals surface area contributed by atoms with Gasteiger partial charge in [0.25, 0.3) is 0 Å². The molecule has 0 aliphatic rings. The standard InChI is InChI=1S/C14H12N2O/c17-9-13-14-11(6-7-15-14)12(8-16-13)10-4-2-1-3-5-10/h1-8,15,17H,9H2. The van der Waals surface area contributed by atoms with Crippen LogP contribution in [0.3, 0.4) is 0 Å². The van der Waals surface area contributed by atoms with Crippen LogP contribution in [0.4, 0.5) is 0 Å². The summed E-state index contributed by atoms with van der Waals surface area (Å²) >= 11 is 0. The fourth-order valence-corrected chi connectivity index (χ4v) is 2.08. The highest BCUT2D eigenvalue weighted by Crippen LogP contribution is 2.28. The third-order valence-electron chi connectivity index (χ3n) is 2.91. The number of hydrogen-bond acceptors (Lipinski definition) is 2. The second kappa shape index (κ2) is 4.03. The van der Waals surface area contributed by atoms with Gasteiger partial charge in [0.1, 0.15) is 0 Å². The lowest BCUT2D eigenvalue weighted by Gasteiger charge is -2.05. The second-order valence-electron chi connectivity index (χ2n) is 3.91. The smallest absolute Gasteiger partial charge is 0.0898 e. The number of aliphatic hydroxyl groups excluding tert-OH is 1. The van der Waals surface area contributed by atoms with Crippen molar-refractivity contribution >= 4 is 10.9 Å². The monoisotopic (exact) mass is 224 g/mol. The van der Waals surface area contributed by atoms with Gasteiger partial charge in [0.05, 0.1) is 17.8 Å². The van der Waals surface area contributed by atoms with E-state index in [9.17, 15) is 5.11 Å². The summed E-state index contributed by atoms with van der Waals surface area (Å²) in [5, 5.41) is 10.3. The normalized spacial score (nSPS) is 10.9. The number of fused-ring (bicyclic) bond motifs is 1. The molecular formula is C14H12N2O. The minimum atomic E-state index is -0.0495. The zero-order chi connectivity index (χ0) is 11.7. The van der Waals surface area contributed by atoms with Crippen LogP contribution in [0.1, 0.15) is 5.69 Å². The number of rotatable bonds is 2. The van der Waals surface area contributed by atoms with Crippen molar-refractivity contribution in [1.82, 2.24) is 9.97 Å². The van der Waals surface area contributed by atoms with Crippen LogP contribution in [-0.4, -0.2) is 15.1 Å². The van der Waals surface area contributed by atoms with E-state index in [1.54, 1.807) is 0 Å². The van der Waals surface area contributed by atoms with Crippen LogP contribution in [0.2, 0.25) is 0 Å². The average molecular weight is 224 g/mol. The van der Waals surface area contributed by atoms with E-state index in [1.165, 1.54) is 0 Å². The number of nitrogens with one attached hydrogen (secondary N) is 1. The number of pyridine rings is 1. The maximum Gasteiger partial charge on any atom is 0.0898 e. The van der Waals surface area contributed by atoms with Crippen LogP contribution in [0.5, 0.6) is 0 Å². The molecule has 1 aromatic carbocycles. The fraction of sp³-hybridized carbons (Fsp3) is 0.0714. The molecule has 84 valence electrons. The van der Waals surface area contributed by atoms with Crippen molar-refractivity contribution in [2.45, 2.75) is 6.61 Å². The first-order chi connectivity index (χ1) is 8.40. The van der Waals surface area contributed by atoms with E-state index in [0.717, 1.165) is 22.0 Å². The summed E-state index contributed by atoms with van der Waals surface area (Å²) < 4.78 is 0. The minimum absolute atomic E-state index is 0.0495. The van der Waals surface area contributed by atoms with Gasteiger partial charge in [0.2, 0.25) is 0 Å². The van der Waals surface area contributed by atoms with Crippen LogP contribution in [-0.2, 0) is 6.61 Å². The summed E-state index contributed by atoms with van der Waals surface area (Å²) in [5.41, 5.74) is 3.81. The van der Waals surface area contributed by atoms with E-state index >= 15 is 0 Å². The maximum atomic E-state index is 9.23. The zero-order valence-corrected chi connectivity index (χ0v) is 9.22. The second-order valence-corrected chi connectivity index (χ2v) is 3.91. The van der Waals surface area contributed by atoms with E-state index in [2.05, 4.69) is 22.1 Å². The predicted octanol–water partition coefficient (Wildman–Crippen LogP) is 2.72. The number of benzene rings is 1. The summed E-state index contributed by atoms with van der Waals surface area (Å²) in [6.07, 6.45) is 3.69. The van der Waals surface area contributed by atoms with Crippen LogP contribution in [0.15, 0.2) is 48.8 Å². The lowest BCUT2D eigenvalue weighted by molar-refractivity contribution is 0.278. The molecule has 2 aromatic heterocycles. The first-order valence-electron chi connectivity index (χ1n) is 5.51. The number of aromatic amines is 1. The van der Waals surface area contributed by atoms with Gasteiger partial charge in [-0.25, -0.2) is 0 Å². The largest absolute Gasteiger partial charge is 0.390 e. The number of hydrogen-bond donors (Lipinski definition) is 2. The van der Waals surface area contributed by atoms with Crippen molar-refractivity contribution in [3.8, 4) is 11.1 Å². The van der Waals surface area contributed by atoms with Gasteiger partial charge < -0.3 is 10.1 Å². The van der Waals surface area contributed by atoms with Crippen molar-refractivity contribution in [1.29, 1.82) is 0 Å². The Morgan fingerprint density at radius 1 is 1.12 bits per heavy atom. The molecule has 0 spiro atoms. The molecule has 0 aliphatic carbocycles. The molecular weight excluding hydrogens is 212 g/mol. The molecule has 3 heteroatoms. The molecule has 2 N–H and O–H groups in total. The Bertz CT molecular complexity index is 644. The first kappa shape index (κ1) is 10.1. The Morgan fingerprint density at radius 3 is 2.71 bits per heavy atom. The SMILES string of the molecule is OCc1ncc(-c2ccccc2)c2cc[nH]c12. The van der Waals surface area contributed by atoms with Crippen molar-refractivity contribution in [2.24, 2.45) is 0 Å². The Labute approximate surface area is 98.8 Å². The molecule has 3 rings (SSSR count). The van der Waals surface area contributed by atoms with Crippen molar-refractivity contribution in [2.75, 3.05) is 0 Å². The van der Waals surface area contributed by atoms with E-state index in [1.807, 2.05) is 36.7 Å². The van der Waals surface area contributed by atoms with Gasteiger partial charge in [0.15, 0.2) is 0 Å². The highest BCUT2D eigenvalue weighted by atomic mass is 16.3. The van der Waals surface area contributed by atoms with E-state index in [4.69, 9.17) is 0 Å². The Morgan fingerprint density at radius 2 is 1.94 bits per heavy atom. The zero-order valence-electron chi connectivity index (χ0n) is 9.22. The summed E-state index contributed by atoms with van der Waals surface area (Å²) in [5.74, 6) is 0. The molecule has 0 unspecified atom stereocenters. The molecule has 3 nitrogen and oxygen atoms in total. The topological polar surface area (TPSA) is 48.9 Å². The van der Waals surface area contributed by atoms with E-state index in [-0.39, 0.29) is 6.61 Å². The van der Waals surface area contributed by atoms with Gasteiger partial charge in [0, 0.05) is 23.3 Å². The molecule has 0 atom stereocenters. The first-order valence-corrected chi connectivity index (χ1v) is 5.51. The summed E-state index contributed by atoms with van der Waals surface area (Å²) in [7, 11) is 0. The lowest BCUT2D eigenvalue weighted by atomic mass is 10.0. The maximum absolute atomic E-state index is 9.23. The Kier molecular flexibility index (Phi) is 2.38. The molecule has 0 amide bonds. The van der Waals surface area contributed by atoms with Gasteiger partial charge in [-0.3, -0.25) is 4.98 Å². The molecule has 0 radical (unpaired) electrons. The van der Waals surface area contributed by atoms with Gasteiger partial charge >= 0.3 is 0 Å². The number of nitrogens with zero attached hydrogens (tertiary/aromatic N) is 1. The Hall–Kier alpha value is -2.13. The van der Waals surface area contributed by atoms with Crippen LogP contribution >= 0.6 is 0 Å². The quantitative estimate of drug-likeness (QED) is 0.703. The number of aromatic nitrogens is 2. The third kappa shape index (κ3) is 1.61. The molecule has 0 aliphatic heterocycles. The predicted molar refractivity (Wildman–Crippen MR) is 67.5 cm³/mol. The van der Waals surface area contributed by atoms with Gasteiger partial charge in [-0.2, -0.15) is 0 Å². The minimum Gasteiger partial charge on any atom is -0.390 e. The van der Waals surface area contributed by atoms with Gasteiger partial charge in [-0.05, 0) is 11.6 Å². The molecule has 0 saturated carbocycles. The molecule has 17 heavy (non-hydrogen) atoms. The summed E-state index contributed by atoms with van der Waals surface area (Å²) in [4.78, 5) is 7.42. The molecule has 0 fully saturated rings. The van der Waals surface area contributed by atoms with Crippen molar-refractivity contribution in [3.05, 3.63) is 54.5 Å². The van der Waals surface area contributed by atoms with Gasteiger partial charge in [-0.15, -0.1) is 0 Å². The van der Waals surface area contributed by atoms with E-state index in [0.29, 0.717) is 5.69 Å². The summed E-state index contributed by atoms with van der Waals surface area (Å²) in [6.45, 7) is -0.0495. The number of aliphatic hydroxyl groups is 1. The third-order valence-corrected chi connectivity index (χ3v) is 2.91. The highest BCUT2D eigenvalue weighted by molar-refractivity contribution is 5.95. The number of H-pyrrole nitrogens is 1. The molecule has 0 bridgehead atoms. The average Bonchev–Trinajstić information content (AvgIpc) is 2.88.